The maximum atomic E-state index is 13.3. The van der Waals surface area contributed by atoms with Crippen LogP contribution in [0.3, 0.4) is 0 Å². The molecule has 2 heterocycles. The number of benzene rings is 1. The third-order valence-corrected chi connectivity index (χ3v) is 6.75. The number of aliphatic carboxylic acids is 1. The summed E-state index contributed by atoms with van der Waals surface area (Å²) in [6, 6.07) is 9.28. The summed E-state index contributed by atoms with van der Waals surface area (Å²) in [5.41, 5.74) is 1.24. The average molecular weight is 608 g/mol. The first-order valence-corrected chi connectivity index (χ1v) is 13.1. The number of carboxylic acid groups (broad SMARTS) is 1. The van der Waals surface area contributed by atoms with Gasteiger partial charge in [0.05, 0.1) is 12.8 Å². The summed E-state index contributed by atoms with van der Waals surface area (Å²) in [6.07, 6.45) is 3.15. The first kappa shape index (κ1) is 33.3. The van der Waals surface area contributed by atoms with Gasteiger partial charge in [0.25, 0.3) is 0 Å². The van der Waals surface area contributed by atoms with Gasteiger partial charge in [-0.05, 0) is 37.5 Å². The van der Waals surface area contributed by atoms with Crippen molar-refractivity contribution in [2.45, 2.75) is 64.5 Å². The Kier molecular flexibility index (Phi) is 12.8. The summed E-state index contributed by atoms with van der Waals surface area (Å²) in [6.45, 7) is 3.56. The molecule has 3 atom stereocenters. The molecule has 0 spiro atoms. The number of methoxy groups -OCH3 is 1. The number of para-hydroxylation sites is 1. The van der Waals surface area contributed by atoms with Crippen molar-refractivity contribution >= 4 is 41.1 Å². The number of aromatic nitrogens is 1. The van der Waals surface area contributed by atoms with Gasteiger partial charge in [-0.2, -0.15) is 0 Å². The van der Waals surface area contributed by atoms with Crippen molar-refractivity contribution in [2.24, 2.45) is 10.9 Å². The number of unbranched alkanes of at least 4 members (excludes halogenated alkanes) is 1. The Hall–Kier alpha value is -3.92. The Balaban J connectivity index is 0.00000588. The normalized spacial score (nSPS) is 16.4. The number of esters is 1. The molecule has 11 nitrogen and oxygen atoms in total. The summed E-state index contributed by atoms with van der Waals surface area (Å²) in [7, 11) is 1.18. The first-order valence-electron chi connectivity index (χ1n) is 13.1. The van der Waals surface area contributed by atoms with Crippen molar-refractivity contribution in [1.82, 2.24) is 9.88 Å². The topological polar surface area (TPSA) is 157 Å². The predicted octanol–water partition coefficient (Wildman–Crippen LogP) is 4.07. The zero-order valence-corrected chi connectivity index (χ0v) is 24.1. The molecule has 1 fully saturated rings. The molecule has 1 saturated heterocycles. The standard InChI is InChI=1S/C29H34N4O7.Ni/c1-4-5-10-19(17-25(35)33-23(29(39)40-3)14-15-24(33)34)26(28(37)38)31-18(2)20-11-6-7-12-21(20)32-27(36)22-13-8-9-16-30-22;/h6-9,11-13,16,19,23,26H,4-5,10,14-15,17H2,1-3H3,(H2,31,32,36,37,38);/p-1/t19-,23+,26-;/m1./s1. The fourth-order valence-corrected chi connectivity index (χ4v) is 4.69. The van der Waals surface area contributed by atoms with E-state index in [9.17, 15) is 29.1 Å². The van der Waals surface area contributed by atoms with Crippen molar-refractivity contribution in [3.05, 3.63) is 65.2 Å². The Morgan fingerprint density at radius 3 is 2.51 bits per heavy atom. The molecule has 1 aliphatic heterocycles. The second kappa shape index (κ2) is 15.8. The molecule has 0 radical (unpaired) electrons. The number of amides is 3. The largest absolute Gasteiger partial charge is 0.621 e. The molecule has 1 N–H and O–H groups in total. The number of hydrogen-bond acceptors (Lipinski definition) is 8. The molecule has 0 saturated carbocycles. The van der Waals surface area contributed by atoms with Crippen molar-refractivity contribution in [3.63, 3.8) is 0 Å². The van der Waals surface area contributed by atoms with E-state index in [-0.39, 0.29) is 41.4 Å². The van der Waals surface area contributed by atoms with Crippen LogP contribution in [-0.4, -0.2) is 69.6 Å². The number of aliphatic imine (C=N–C) groups is 1. The number of rotatable bonds is 12. The zero-order valence-electron chi connectivity index (χ0n) is 23.1. The monoisotopic (exact) mass is 607 g/mol. The minimum atomic E-state index is -1.32. The maximum absolute atomic E-state index is 13.3. The molecular weight excluding hydrogens is 575 g/mol. The van der Waals surface area contributed by atoms with E-state index in [0.717, 1.165) is 11.3 Å². The van der Waals surface area contributed by atoms with Crippen LogP contribution in [0.15, 0.2) is 53.7 Å². The molecule has 0 unspecified atom stereocenters. The Labute approximate surface area is 248 Å². The molecule has 0 aliphatic carbocycles. The second-order valence-electron chi connectivity index (χ2n) is 9.49. The van der Waals surface area contributed by atoms with Gasteiger partial charge in [-0.1, -0.05) is 50.1 Å². The van der Waals surface area contributed by atoms with Gasteiger partial charge in [-0.3, -0.25) is 24.5 Å². The third-order valence-electron chi connectivity index (χ3n) is 6.75. The fourth-order valence-electron chi connectivity index (χ4n) is 4.69. The van der Waals surface area contributed by atoms with Crippen LogP contribution in [-0.2, 0) is 40.4 Å². The van der Waals surface area contributed by atoms with Crippen LogP contribution in [0.2, 0.25) is 0 Å². The van der Waals surface area contributed by atoms with Crippen LogP contribution in [0, 0.1) is 5.92 Å². The SMILES string of the molecule is CCCC[C@H](CC(=O)N1C(=O)CC[C@H]1C(=O)OC)[C@@H](N=C(C)c1ccccc1[N-]C(=O)c1ccccn1)C(=O)O.[Ni]. The molecule has 1 aliphatic rings. The minimum absolute atomic E-state index is 0. The number of hydrogen-bond donors (Lipinski definition) is 1. The molecule has 0 bridgehead atoms. The number of nitrogens with zero attached hydrogens (tertiary/aromatic N) is 4. The number of carbonyl (C=O) groups is 5. The molecule has 1 aromatic carbocycles. The summed E-state index contributed by atoms with van der Waals surface area (Å²) >= 11 is 0. The predicted molar refractivity (Wildman–Crippen MR) is 146 cm³/mol. The van der Waals surface area contributed by atoms with Crippen LogP contribution < -0.4 is 0 Å². The molecule has 12 heteroatoms. The second-order valence-corrected chi connectivity index (χ2v) is 9.49. The van der Waals surface area contributed by atoms with Gasteiger partial charge < -0.3 is 20.0 Å². The van der Waals surface area contributed by atoms with E-state index in [2.05, 4.69) is 15.3 Å². The average Bonchev–Trinajstić information content (AvgIpc) is 3.35. The van der Waals surface area contributed by atoms with E-state index in [1.165, 1.54) is 13.3 Å². The van der Waals surface area contributed by atoms with Crippen molar-refractivity contribution in [1.29, 1.82) is 0 Å². The van der Waals surface area contributed by atoms with Gasteiger partial charge >= 0.3 is 11.9 Å². The van der Waals surface area contributed by atoms with Gasteiger partial charge in [0.2, 0.25) is 11.8 Å². The van der Waals surface area contributed by atoms with Gasteiger partial charge in [0.1, 0.15) is 11.9 Å². The van der Waals surface area contributed by atoms with Gasteiger partial charge in [0, 0.05) is 47.2 Å². The van der Waals surface area contributed by atoms with Crippen LogP contribution in [0.25, 0.3) is 5.32 Å². The van der Waals surface area contributed by atoms with Crippen LogP contribution in [0.1, 0.15) is 68.4 Å². The summed E-state index contributed by atoms with van der Waals surface area (Å²) in [4.78, 5) is 72.4. The van der Waals surface area contributed by atoms with Gasteiger partial charge in [-0.25, -0.2) is 9.59 Å². The van der Waals surface area contributed by atoms with Gasteiger partial charge in [-0.15, -0.1) is 5.69 Å². The molecule has 3 rings (SSSR count). The third kappa shape index (κ3) is 8.53. The van der Waals surface area contributed by atoms with E-state index in [0.29, 0.717) is 29.8 Å². The zero-order chi connectivity index (χ0) is 29.2. The summed E-state index contributed by atoms with van der Waals surface area (Å²) < 4.78 is 4.75. The van der Waals surface area contributed by atoms with E-state index < -0.39 is 47.7 Å². The molecule has 3 amide bonds. The van der Waals surface area contributed by atoms with Crippen molar-refractivity contribution < 1.29 is 50.3 Å². The Morgan fingerprint density at radius 2 is 1.88 bits per heavy atom. The summed E-state index contributed by atoms with van der Waals surface area (Å²) in [5, 5.41) is 14.3. The molecule has 1 aromatic heterocycles. The van der Waals surface area contributed by atoms with Crippen molar-refractivity contribution in [2.75, 3.05) is 7.11 Å². The molecule has 2 aromatic rings. The van der Waals surface area contributed by atoms with E-state index in [4.69, 9.17) is 4.74 Å². The smallest absolute Gasteiger partial charge is 0.329 e. The van der Waals surface area contributed by atoms with Crippen LogP contribution in [0.5, 0.6) is 0 Å². The molecular formula is C29H33N4NiO7-. The van der Waals surface area contributed by atoms with Crippen LogP contribution >= 0.6 is 0 Å². The fraction of sp³-hybridized carbons (Fsp3) is 0.414. The van der Waals surface area contributed by atoms with E-state index in [1.54, 1.807) is 49.4 Å². The minimum Gasteiger partial charge on any atom is -0.621 e. The Morgan fingerprint density at radius 1 is 1.17 bits per heavy atom. The molecule has 41 heavy (non-hydrogen) atoms. The number of carbonyl (C=O) groups excluding carboxylic acids is 4. The Bertz CT molecular complexity index is 1280. The van der Waals surface area contributed by atoms with Gasteiger partial charge in [0.15, 0.2) is 6.04 Å². The number of imide groups is 1. The first-order chi connectivity index (χ1) is 19.2. The number of carboxylic acids is 1. The summed E-state index contributed by atoms with van der Waals surface area (Å²) in [5.74, 6) is -4.34. The molecule has 222 valence electrons. The maximum Gasteiger partial charge on any atom is 0.329 e. The van der Waals surface area contributed by atoms with E-state index >= 15 is 0 Å². The number of pyridine rings is 1. The number of ether oxygens (including phenoxy) is 1. The quantitative estimate of drug-likeness (QED) is 0.215. The van der Waals surface area contributed by atoms with Crippen LogP contribution in [0.4, 0.5) is 5.69 Å². The number of likely N-dealkylation sites (tertiary alicyclic amines) is 1. The van der Waals surface area contributed by atoms with E-state index in [1.807, 2.05) is 6.92 Å². The van der Waals surface area contributed by atoms with Crippen molar-refractivity contribution in [3.8, 4) is 0 Å².